The summed E-state index contributed by atoms with van der Waals surface area (Å²) in [4.78, 5) is 3.44. The lowest BCUT2D eigenvalue weighted by Gasteiger charge is -2.03. The van der Waals surface area contributed by atoms with Crippen LogP contribution < -0.4 is 0 Å². The van der Waals surface area contributed by atoms with E-state index in [-0.39, 0.29) is 14.3 Å². The van der Waals surface area contributed by atoms with Gasteiger partial charge in [-0.05, 0) is 28.7 Å². The molecule has 0 aliphatic heterocycles. The maximum absolute atomic E-state index is 12.3. The number of alkyl halides is 2. The minimum absolute atomic E-state index is 0.0938. The van der Waals surface area contributed by atoms with Crippen LogP contribution in [0.25, 0.3) is 0 Å². The molecule has 2 nitrogen and oxygen atoms in total. The summed E-state index contributed by atoms with van der Waals surface area (Å²) < 4.78 is 24.8. The van der Waals surface area contributed by atoms with Gasteiger partial charge in [-0.2, -0.15) is 5.26 Å². The van der Waals surface area contributed by atoms with E-state index in [1.54, 1.807) is 28.7 Å². The molecular weight excluding hydrogens is 312 g/mol. The van der Waals surface area contributed by atoms with Crippen molar-refractivity contribution in [1.29, 1.82) is 5.26 Å². The minimum Gasteiger partial charge on any atom is -0.233 e. The van der Waals surface area contributed by atoms with E-state index in [0.29, 0.717) is 0 Å². The van der Waals surface area contributed by atoms with E-state index >= 15 is 0 Å². The maximum atomic E-state index is 12.3. The highest BCUT2D eigenvalue weighted by atomic mass is 127. The van der Waals surface area contributed by atoms with E-state index in [1.165, 1.54) is 6.07 Å². The molecule has 0 unspecified atom stereocenters. The van der Waals surface area contributed by atoms with Crippen LogP contribution in [0.2, 0.25) is 5.02 Å². The van der Waals surface area contributed by atoms with Crippen molar-refractivity contribution in [2.45, 2.75) is 6.43 Å². The predicted molar refractivity (Wildman–Crippen MR) is 51.6 cm³/mol. The second-order valence-electron chi connectivity index (χ2n) is 2.10. The Morgan fingerprint density at radius 1 is 1.62 bits per heavy atom. The van der Waals surface area contributed by atoms with Crippen LogP contribution >= 0.6 is 34.2 Å². The molecule has 0 amide bonds. The largest absolute Gasteiger partial charge is 0.281 e. The first-order chi connectivity index (χ1) is 6.06. The molecule has 0 aliphatic rings. The highest BCUT2D eigenvalue weighted by molar-refractivity contribution is 14.1. The van der Waals surface area contributed by atoms with Crippen LogP contribution in [0.15, 0.2) is 6.07 Å². The molecule has 1 heterocycles. The SMILES string of the molecule is N#Cc1nc(C(F)F)c(I)cc1Cl. The van der Waals surface area contributed by atoms with Crippen LogP contribution in [0.3, 0.4) is 0 Å². The van der Waals surface area contributed by atoms with Crippen molar-refractivity contribution < 1.29 is 8.78 Å². The average molecular weight is 314 g/mol. The Kier molecular flexibility index (Phi) is 3.39. The van der Waals surface area contributed by atoms with Gasteiger partial charge in [0.1, 0.15) is 11.8 Å². The quantitative estimate of drug-likeness (QED) is 0.747. The van der Waals surface area contributed by atoms with E-state index in [9.17, 15) is 8.78 Å². The second kappa shape index (κ2) is 4.15. The summed E-state index contributed by atoms with van der Waals surface area (Å²) in [5, 5.41) is 8.57. The van der Waals surface area contributed by atoms with Gasteiger partial charge in [-0.15, -0.1) is 0 Å². The lowest BCUT2D eigenvalue weighted by atomic mass is 10.3. The van der Waals surface area contributed by atoms with E-state index in [1.807, 2.05) is 0 Å². The molecule has 0 saturated carbocycles. The fraction of sp³-hybridized carbons (Fsp3) is 0.143. The molecule has 0 bridgehead atoms. The summed E-state index contributed by atoms with van der Waals surface area (Å²) >= 11 is 7.27. The Morgan fingerprint density at radius 3 is 2.69 bits per heavy atom. The molecule has 1 aromatic rings. The van der Waals surface area contributed by atoms with Crippen LogP contribution in [0.1, 0.15) is 17.8 Å². The van der Waals surface area contributed by atoms with Crippen molar-refractivity contribution in [2.24, 2.45) is 0 Å². The first-order valence-electron chi connectivity index (χ1n) is 3.10. The van der Waals surface area contributed by atoms with Crippen molar-refractivity contribution in [3.63, 3.8) is 0 Å². The van der Waals surface area contributed by atoms with Crippen molar-refractivity contribution in [1.82, 2.24) is 4.98 Å². The van der Waals surface area contributed by atoms with Gasteiger partial charge >= 0.3 is 0 Å². The number of aromatic nitrogens is 1. The summed E-state index contributed by atoms with van der Waals surface area (Å²) in [6.45, 7) is 0. The second-order valence-corrected chi connectivity index (χ2v) is 3.67. The molecule has 0 saturated heterocycles. The summed E-state index contributed by atoms with van der Waals surface area (Å²) in [5.41, 5.74) is -0.570. The number of halogens is 4. The third-order valence-corrected chi connectivity index (χ3v) is 2.42. The van der Waals surface area contributed by atoms with Gasteiger partial charge in [0, 0.05) is 3.57 Å². The van der Waals surface area contributed by atoms with Gasteiger partial charge in [-0.1, -0.05) is 11.6 Å². The smallest absolute Gasteiger partial charge is 0.233 e. The predicted octanol–water partition coefficient (Wildman–Crippen LogP) is 3.15. The lowest BCUT2D eigenvalue weighted by molar-refractivity contribution is 0.145. The molecular formula is C7H2ClF2IN2. The van der Waals surface area contributed by atoms with Crippen molar-refractivity contribution >= 4 is 34.2 Å². The van der Waals surface area contributed by atoms with E-state index in [2.05, 4.69) is 4.98 Å². The monoisotopic (exact) mass is 314 g/mol. The molecule has 0 aromatic carbocycles. The summed E-state index contributed by atoms with van der Waals surface area (Å²) in [7, 11) is 0. The van der Waals surface area contributed by atoms with Gasteiger partial charge in [0.05, 0.1) is 5.02 Å². The number of hydrogen-bond donors (Lipinski definition) is 0. The van der Waals surface area contributed by atoms with Crippen LogP contribution in [0.4, 0.5) is 8.78 Å². The molecule has 0 atom stereocenters. The zero-order chi connectivity index (χ0) is 10.0. The molecule has 1 aromatic heterocycles. The molecule has 0 aliphatic carbocycles. The van der Waals surface area contributed by atoms with Gasteiger partial charge < -0.3 is 0 Å². The van der Waals surface area contributed by atoms with Gasteiger partial charge in [-0.25, -0.2) is 13.8 Å². The summed E-state index contributed by atoms with van der Waals surface area (Å²) in [5.74, 6) is 0. The molecule has 0 spiro atoms. The van der Waals surface area contributed by atoms with Crippen LogP contribution in [-0.4, -0.2) is 4.98 Å². The minimum atomic E-state index is -2.68. The molecule has 68 valence electrons. The summed E-state index contributed by atoms with van der Waals surface area (Å²) in [6, 6.07) is 2.94. The summed E-state index contributed by atoms with van der Waals surface area (Å²) in [6.07, 6.45) is -2.68. The Labute approximate surface area is 91.7 Å². The van der Waals surface area contributed by atoms with Crippen LogP contribution in [0, 0.1) is 14.9 Å². The number of rotatable bonds is 1. The Morgan fingerprint density at radius 2 is 2.23 bits per heavy atom. The van der Waals surface area contributed by atoms with Crippen LogP contribution in [0.5, 0.6) is 0 Å². The Hall–Kier alpha value is -0.480. The normalized spacial score (nSPS) is 10.2. The highest BCUT2D eigenvalue weighted by Crippen LogP contribution is 2.26. The lowest BCUT2D eigenvalue weighted by Crippen LogP contribution is -1.97. The number of nitrogens with zero attached hydrogens (tertiary/aromatic N) is 2. The van der Waals surface area contributed by atoms with Gasteiger partial charge in [0.2, 0.25) is 0 Å². The zero-order valence-corrected chi connectivity index (χ0v) is 8.97. The van der Waals surface area contributed by atoms with Gasteiger partial charge in [-0.3, -0.25) is 0 Å². The van der Waals surface area contributed by atoms with E-state index < -0.39 is 12.1 Å². The molecule has 1 rings (SSSR count). The van der Waals surface area contributed by atoms with E-state index in [4.69, 9.17) is 16.9 Å². The van der Waals surface area contributed by atoms with Gasteiger partial charge in [0.15, 0.2) is 5.69 Å². The number of nitriles is 1. The highest BCUT2D eigenvalue weighted by Gasteiger charge is 2.16. The molecule has 0 fully saturated rings. The topological polar surface area (TPSA) is 36.7 Å². The fourth-order valence-corrected chi connectivity index (χ4v) is 1.76. The maximum Gasteiger partial charge on any atom is 0.281 e. The zero-order valence-electron chi connectivity index (χ0n) is 6.06. The van der Waals surface area contributed by atoms with Crippen molar-refractivity contribution in [2.75, 3.05) is 0 Å². The molecule has 6 heteroatoms. The molecule has 0 radical (unpaired) electrons. The number of pyridine rings is 1. The molecule has 0 N–H and O–H groups in total. The molecule has 13 heavy (non-hydrogen) atoms. The Bertz CT molecular complexity index is 375. The fourth-order valence-electron chi connectivity index (χ4n) is 0.712. The third-order valence-electron chi connectivity index (χ3n) is 1.27. The first-order valence-corrected chi connectivity index (χ1v) is 4.56. The van der Waals surface area contributed by atoms with Gasteiger partial charge in [0.25, 0.3) is 6.43 Å². The van der Waals surface area contributed by atoms with E-state index in [0.717, 1.165) is 0 Å². The standard InChI is InChI=1S/C7H2ClF2IN2/c8-3-1-4(11)6(7(9)10)13-5(3)2-12/h1,7H. The van der Waals surface area contributed by atoms with Crippen molar-refractivity contribution in [3.8, 4) is 6.07 Å². The number of hydrogen-bond acceptors (Lipinski definition) is 2. The average Bonchev–Trinajstić information content (AvgIpc) is 2.03. The third kappa shape index (κ3) is 2.25. The van der Waals surface area contributed by atoms with Crippen LogP contribution in [-0.2, 0) is 0 Å². The Balaban J connectivity index is 3.33. The first kappa shape index (κ1) is 10.6. The van der Waals surface area contributed by atoms with Crippen molar-refractivity contribution in [3.05, 3.63) is 26.0 Å².